The second-order valence-corrected chi connectivity index (χ2v) is 4.58. The number of hydrogen-bond acceptors (Lipinski definition) is 2. The summed E-state index contributed by atoms with van der Waals surface area (Å²) in [5, 5.41) is 0. The summed E-state index contributed by atoms with van der Waals surface area (Å²) in [4.78, 5) is 13.9. The van der Waals surface area contributed by atoms with Crippen LogP contribution >= 0.6 is 11.6 Å². The van der Waals surface area contributed by atoms with Gasteiger partial charge in [-0.15, -0.1) is 11.6 Å². The van der Waals surface area contributed by atoms with E-state index >= 15 is 0 Å². The molecule has 1 aliphatic heterocycles. The maximum Gasteiger partial charge on any atom is 0.227 e. The van der Waals surface area contributed by atoms with Crippen molar-refractivity contribution < 1.29 is 9.53 Å². The Labute approximate surface area is 106 Å². The molecule has 1 aromatic carbocycles. The van der Waals surface area contributed by atoms with E-state index in [9.17, 15) is 4.79 Å². The number of carbonyl (C=O) groups excluding carboxylic acids is 1. The Bertz CT molecular complexity index is 408. The Morgan fingerprint density at radius 3 is 3.06 bits per heavy atom. The molecule has 1 atom stereocenters. The molecule has 0 saturated heterocycles. The van der Waals surface area contributed by atoms with Gasteiger partial charge in [0.2, 0.25) is 5.91 Å². The molecule has 1 aromatic rings. The number of carbonyl (C=O) groups is 1. The fourth-order valence-corrected chi connectivity index (χ4v) is 2.02. The van der Waals surface area contributed by atoms with Crippen LogP contribution < -0.4 is 4.74 Å². The molecule has 0 aromatic heterocycles. The van der Waals surface area contributed by atoms with E-state index in [1.165, 1.54) is 0 Å². The van der Waals surface area contributed by atoms with E-state index in [0.717, 1.165) is 11.3 Å². The lowest BCUT2D eigenvalue weighted by Gasteiger charge is -2.22. The highest BCUT2D eigenvalue weighted by Gasteiger charge is 2.23. The molecular weight excluding hydrogens is 238 g/mol. The van der Waals surface area contributed by atoms with Crippen LogP contribution in [0.2, 0.25) is 0 Å². The molecule has 0 bridgehead atoms. The molecule has 1 unspecified atom stereocenters. The van der Waals surface area contributed by atoms with Crippen LogP contribution in [0.15, 0.2) is 24.3 Å². The third kappa shape index (κ3) is 2.72. The zero-order valence-electron chi connectivity index (χ0n) is 9.86. The molecule has 0 saturated carbocycles. The van der Waals surface area contributed by atoms with Gasteiger partial charge in [-0.25, -0.2) is 0 Å². The number of amides is 1. The minimum atomic E-state index is -0.137. The Morgan fingerprint density at radius 1 is 1.53 bits per heavy atom. The molecule has 1 heterocycles. The predicted octanol–water partition coefficient (Wildman–Crippen LogP) is 2.28. The highest BCUT2D eigenvalue weighted by molar-refractivity contribution is 6.19. The minimum absolute atomic E-state index is 0.0975. The van der Waals surface area contributed by atoms with Gasteiger partial charge < -0.3 is 9.64 Å². The standard InChI is InChI=1S/C13H16ClNO2/c1-10(8-14)13(16)15-6-7-17-12-5-3-2-4-11(12)9-15/h2-5,10H,6-9H2,1H3. The lowest BCUT2D eigenvalue weighted by atomic mass is 10.1. The molecule has 2 rings (SSSR count). The monoisotopic (exact) mass is 253 g/mol. The van der Waals surface area contributed by atoms with Crippen molar-refractivity contribution in [3.63, 3.8) is 0 Å². The average Bonchev–Trinajstić information content (AvgIpc) is 2.58. The number of para-hydroxylation sites is 1. The van der Waals surface area contributed by atoms with Crippen molar-refractivity contribution in [3.05, 3.63) is 29.8 Å². The van der Waals surface area contributed by atoms with Crippen molar-refractivity contribution in [1.82, 2.24) is 4.90 Å². The number of halogens is 1. The smallest absolute Gasteiger partial charge is 0.227 e. The molecule has 0 fully saturated rings. The van der Waals surface area contributed by atoms with Gasteiger partial charge >= 0.3 is 0 Å². The van der Waals surface area contributed by atoms with Crippen molar-refractivity contribution in [2.45, 2.75) is 13.5 Å². The van der Waals surface area contributed by atoms with Gasteiger partial charge in [-0.1, -0.05) is 25.1 Å². The van der Waals surface area contributed by atoms with Crippen LogP contribution in [-0.2, 0) is 11.3 Å². The van der Waals surface area contributed by atoms with Crippen molar-refractivity contribution in [2.24, 2.45) is 5.92 Å². The minimum Gasteiger partial charge on any atom is -0.491 e. The summed E-state index contributed by atoms with van der Waals surface area (Å²) in [6, 6.07) is 7.83. The van der Waals surface area contributed by atoms with E-state index in [2.05, 4.69) is 0 Å². The fourth-order valence-electron chi connectivity index (χ4n) is 1.89. The summed E-state index contributed by atoms with van der Waals surface area (Å²) < 4.78 is 5.62. The van der Waals surface area contributed by atoms with E-state index in [1.54, 1.807) is 0 Å². The van der Waals surface area contributed by atoms with Crippen LogP contribution in [0.5, 0.6) is 5.75 Å². The second kappa shape index (κ2) is 5.41. The first-order valence-electron chi connectivity index (χ1n) is 5.78. The fraction of sp³-hybridized carbons (Fsp3) is 0.462. The highest BCUT2D eigenvalue weighted by atomic mass is 35.5. The van der Waals surface area contributed by atoms with Crippen LogP contribution in [-0.4, -0.2) is 29.8 Å². The zero-order chi connectivity index (χ0) is 12.3. The summed E-state index contributed by atoms with van der Waals surface area (Å²) >= 11 is 5.73. The van der Waals surface area contributed by atoms with Gasteiger partial charge in [0.15, 0.2) is 0 Å². The van der Waals surface area contributed by atoms with Gasteiger partial charge in [0.05, 0.1) is 6.54 Å². The topological polar surface area (TPSA) is 29.5 Å². The number of hydrogen-bond donors (Lipinski definition) is 0. The van der Waals surface area contributed by atoms with Gasteiger partial charge in [-0.3, -0.25) is 4.79 Å². The van der Waals surface area contributed by atoms with Crippen LogP contribution in [0.3, 0.4) is 0 Å². The van der Waals surface area contributed by atoms with Crippen LogP contribution in [0.4, 0.5) is 0 Å². The molecule has 0 spiro atoms. The van der Waals surface area contributed by atoms with E-state index in [-0.39, 0.29) is 11.8 Å². The van der Waals surface area contributed by atoms with Crippen molar-refractivity contribution in [3.8, 4) is 5.75 Å². The van der Waals surface area contributed by atoms with E-state index in [1.807, 2.05) is 36.1 Å². The summed E-state index contributed by atoms with van der Waals surface area (Å²) in [5.41, 5.74) is 1.06. The van der Waals surface area contributed by atoms with Crippen molar-refractivity contribution in [1.29, 1.82) is 0 Å². The summed E-state index contributed by atoms with van der Waals surface area (Å²) in [6.07, 6.45) is 0. The van der Waals surface area contributed by atoms with Gasteiger partial charge in [0.25, 0.3) is 0 Å². The quantitative estimate of drug-likeness (QED) is 0.757. The number of nitrogens with zero attached hydrogens (tertiary/aromatic N) is 1. The Hall–Kier alpha value is -1.22. The molecular formula is C13H16ClNO2. The SMILES string of the molecule is CC(CCl)C(=O)N1CCOc2ccccc2C1. The molecule has 0 radical (unpaired) electrons. The van der Waals surface area contributed by atoms with Gasteiger partial charge in [0, 0.05) is 23.9 Å². The van der Waals surface area contributed by atoms with Crippen LogP contribution in [0.25, 0.3) is 0 Å². The van der Waals surface area contributed by atoms with Crippen molar-refractivity contribution in [2.75, 3.05) is 19.0 Å². The van der Waals surface area contributed by atoms with E-state index in [0.29, 0.717) is 25.6 Å². The van der Waals surface area contributed by atoms with Crippen molar-refractivity contribution >= 4 is 17.5 Å². The molecule has 0 N–H and O–H groups in total. The molecule has 92 valence electrons. The van der Waals surface area contributed by atoms with E-state index < -0.39 is 0 Å². The Morgan fingerprint density at radius 2 is 2.29 bits per heavy atom. The maximum atomic E-state index is 12.1. The lowest BCUT2D eigenvalue weighted by molar-refractivity contribution is -0.135. The van der Waals surface area contributed by atoms with Gasteiger partial charge in [0.1, 0.15) is 12.4 Å². The first-order chi connectivity index (χ1) is 8.22. The molecule has 0 aliphatic carbocycles. The number of benzene rings is 1. The first kappa shape index (κ1) is 12.2. The van der Waals surface area contributed by atoms with Gasteiger partial charge in [-0.05, 0) is 6.07 Å². The Kier molecular flexibility index (Phi) is 3.89. The van der Waals surface area contributed by atoms with Gasteiger partial charge in [-0.2, -0.15) is 0 Å². The largest absolute Gasteiger partial charge is 0.491 e. The normalized spacial score (nSPS) is 16.7. The number of rotatable bonds is 2. The Balaban J connectivity index is 2.15. The highest BCUT2D eigenvalue weighted by Crippen LogP contribution is 2.23. The lowest BCUT2D eigenvalue weighted by Crippen LogP contribution is -2.36. The third-order valence-corrected chi connectivity index (χ3v) is 3.38. The third-order valence-electron chi connectivity index (χ3n) is 2.92. The summed E-state index contributed by atoms with van der Waals surface area (Å²) in [7, 11) is 0. The summed E-state index contributed by atoms with van der Waals surface area (Å²) in [5.74, 6) is 1.20. The van der Waals surface area contributed by atoms with Crippen LogP contribution in [0.1, 0.15) is 12.5 Å². The zero-order valence-corrected chi connectivity index (χ0v) is 10.6. The van der Waals surface area contributed by atoms with Crippen LogP contribution in [0, 0.1) is 5.92 Å². The molecule has 3 nitrogen and oxygen atoms in total. The molecule has 17 heavy (non-hydrogen) atoms. The summed E-state index contributed by atoms with van der Waals surface area (Å²) in [6.45, 7) is 3.62. The predicted molar refractivity (Wildman–Crippen MR) is 67.2 cm³/mol. The first-order valence-corrected chi connectivity index (χ1v) is 6.31. The number of fused-ring (bicyclic) bond motifs is 1. The number of alkyl halides is 1. The molecule has 1 amide bonds. The number of ether oxygens (including phenoxy) is 1. The molecule has 1 aliphatic rings. The molecule has 4 heteroatoms. The average molecular weight is 254 g/mol. The van der Waals surface area contributed by atoms with E-state index in [4.69, 9.17) is 16.3 Å². The second-order valence-electron chi connectivity index (χ2n) is 4.27. The maximum absolute atomic E-state index is 12.1.